The van der Waals surface area contributed by atoms with Gasteiger partial charge in [0.2, 0.25) is 0 Å². The Morgan fingerprint density at radius 1 is 1.33 bits per heavy atom. The van der Waals surface area contributed by atoms with Crippen molar-refractivity contribution in [2.45, 2.75) is 57.8 Å². The first-order chi connectivity index (χ1) is 12.8. The standard InChI is InChI=1S/C15H26N4O.C2HF3O2/c1-3-19-13-8-9-18(10-12-6-4-5-7-12)14(11-20-2)15(13)16-17-19;3-2(4,5)1(6)7/h12,14H,3-11H2,1-2H3;(H,6,7). The first kappa shape index (κ1) is 21.6. The van der Waals surface area contributed by atoms with Crippen molar-refractivity contribution < 1.29 is 27.8 Å². The number of aliphatic carboxylic acids is 1. The Morgan fingerprint density at radius 3 is 2.48 bits per heavy atom. The molecule has 0 bridgehead atoms. The maximum Gasteiger partial charge on any atom is 0.490 e. The smallest absolute Gasteiger partial charge is 0.475 e. The summed E-state index contributed by atoms with van der Waals surface area (Å²) < 4.78 is 39.2. The van der Waals surface area contributed by atoms with Crippen LogP contribution in [0.2, 0.25) is 0 Å². The molecule has 0 amide bonds. The van der Waals surface area contributed by atoms with Gasteiger partial charge in [0.15, 0.2) is 0 Å². The molecule has 1 aliphatic carbocycles. The highest BCUT2D eigenvalue weighted by Crippen LogP contribution is 2.32. The molecule has 3 rings (SSSR count). The second-order valence-electron chi connectivity index (χ2n) is 6.91. The molecule has 0 radical (unpaired) electrons. The zero-order chi connectivity index (χ0) is 20.0. The lowest BCUT2D eigenvalue weighted by Crippen LogP contribution is -2.40. The summed E-state index contributed by atoms with van der Waals surface area (Å²) in [5.74, 6) is -1.88. The zero-order valence-electron chi connectivity index (χ0n) is 15.7. The third-order valence-corrected chi connectivity index (χ3v) is 5.09. The van der Waals surface area contributed by atoms with Crippen LogP contribution in [-0.4, -0.2) is 64.0 Å². The summed E-state index contributed by atoms with van der Waals surface area (Å²) in [5, 5.41) is 15.9. The van der Waals surface area contributed by atoms with Gasteiger partial charge in [0, 0.05) is 33.2 Å². The minimum Gasteiger partial charge on any atom is -0.475 e. The van der Waals surface area contributed by atoms with Gasteiger partial charge in [0.05, 0.1) is 18.3 Å². The van der Waals surface area contributed by atoms with Crippen molar-refractivity contribution in [3.8, 4) is 0 Å². The number of alkyl halides is 3. The SMILES string of the molecule is CCn1nnc2c1CCN(CC1CCCC1)C2COC.O=C(O)C(F)(F)F. The van der Waals surface area contributed by atoms with Crippen molar-refractivity contribution in [3.05, 3.63) is 11.4 Å². The lowest BCUT2D eigenvalue weighted by molar-refractivity contribution is -0.192. The van der Waals surface area contributed by atoms with E-state index in [9.17, 15) is 13.2 Å². The molecule has 10 heteroatoms. The van der Waals surface area contributed by atoms with E-state index < -0.39 is 12.1 Å². The molecule has 154 valence electrons. The van der Waals surface area contributed by atoms with Gasteiger partial charge in [0.1, 0.15) is 5.69 Å². The van der Waals surface area contributed by atoms with E-state index in [0.29, 0.717) is 6.04 Å². The van der Waals surface area contributed by atoms with Crippen LogP contribution in [0.1, 0.15) is 50.0 Å². The van der Waals surface area contributed by atoms with E-state index in [4.69, 9.17) is 14.6 Å². The molecule has 7 nitrogen and oxygen atoms in total. The number of fused-ring (bicyclic) bond motifs is 1. The van der Waals surface area contributed by atoms with Gasteiger partial charge in [-0.1, -0.05) is 18.1 Å². The Morgan fingerprint density at radius 2 is 1.96 bits per heavy atom. The third kappa shape index (κ3) is 5.65. The van der Waals surface area contributed by atoms with Gasteiger partial charge in [-0.15, -0.1) is 5.10 Å². The molecule has 2 aliphatic rings. The molecular formula is C17H27F3N4O3. The largest absolute Gasteiger partial charge is 0.490 e. The monoisotopic (exact) mass is 392 g/mol. The second kappa shape index (κ2) is 9.50. The molecule has 1 unspecified atom stereocenters. The Hall–Kier alpha value is -1.68. The molecule has 2 heterocycles. The van der Waals surface area contributed by atoms with Gasteiger partial charge < -0.3 is 9.84 Å². The summed E-state index contributed by atoms with van der Waals surface area (Å²) in [6, 6.07) is 0.296. The summed E-state index contributed by atoms with van der Waals surface area (Å²) in [7, 11) is 1.78. The first-order valence-corrected chi connectivity index (χ1v) is 9.23. The molecule has 1 atom stereocenters. The molecule has 1 N–H and O–H groups in total. The fourth-order valence-electron chi connectivity index (χ4n) is 3.78. The number of aromatic nitrogens is 3. The topological polar surface area (TPSA) is 80.5 Å². The average molecular weight is 392 g/mol. The molecule has 1 aromatic rings. The van der Waals surface area contributed by atoms with Crippen LogP contribution >= 0.6 is 0 Å². The van der Waals surface area contributed by atoms with Crippen LogP contribution in [0, 0.1) is 5.92 Å². The molecule has 1 aromatic heterocycles. The van der Waals surface area contributed by atoms with Crippen LogP contribution in [0.15, 0.2) is 0 Å². The molecule has 0 saturated heterocycles. The Balaban J connectivity index is 0.000000321. The number of carboxylic acids is 1. The zero-order valence-corrected chi connectivity index (χ0v) is 15.7. The third-order valence-electron chi connectivity index (χ3n) is 5.09. The van der Waals surface area contributed by atoms with Gasteiger partial charge in [-0.25, -0.2) is 9.48 Å². The quantitative estimate of drug-likeness (QED) is 0.830. The van der Waals surface area contributed by atoms with Crippen molar-refractivity contribution >= 4 is 5.97 Å². The van der Waals surface area contributed by atoms with E-state index in [2.05, 4.69) is 22.1 Å². The minimum absolute atomic E-state index is 0.296. The van der Waals surface area contributed by atoms with Crippen molar-refractivity contribution in [1.29, 1.82) is 0 Å². The Bertz CT molecular complexity index is 615. The highest BCUT2D eigenvalue weighted by molar-refractivity contribution is 5.73. The van der Waals surface area contributed by atoms with Crippen molar-refractivity contribution in [1.82, 2.24) is 19.9 Å². The van der Waals surface area contributed by atoms with Gasteiger partial charge in [-0.2, -0.15) is 13.2 Å². The summed E-state index contributed by atoms with van der Waals surface area (Å²) in [6.07, 6.45) is 1.59. The van der Waals surface area contributed by atoms with E-state index in [1.807, 2.05) is 4.68 Å². The molecule has 27 heavy (non-hydrogen) atoms. The van der Waals surface area contributed by atoms with Crippen LogP contribution in [0.4, 0.5) is 13.2 Å². The van der Waals surface area contributed by atoms with Gasteiger partial charge in [-0.3, -0.25) is 4.90 Å². The fourth-order valence-corrected chi connectivity index (χ4v) is 3.78. The van der Waals surface area contributed by atoms with Gasteiger partial charge in [0.25, 0.3) is 0 Å². The number of halogens is 3. The lowest BCUT2D eigenvalue weighted by Gasteiger charge is -2.36. The van der Waals surface area contributed by atoms with Crippen molar-refractivity contribution in [2.24, 2.45) is 5.92 Å². The van der Waals surface area contributed by atoms with E-state index >= 15 is 0 Å². The van der Waals surface area contributed by atoms with Crippen molar-refractivity contribution in [2.75, 3.05) is 26.8 Å². The normalized spacial score (nSPS) is 20.9. The van der Waals surface area contributed by atoms with Crippen LogP contribution < -0.4 is 0 Å². The number of nitrogens with zero attached hydrogens (tertiary/aromatic N) is 4. The maximum absolute atomic E-state index is 10.6. The average Bonchev–Trinajstić information content (AvgIpc) is 3.26. The predicted molar refractivity (Wildman–Crippen MR) is 91.2 cm³/mol. The minimum atomic E-state index is -5.08. The molecular weight excluding hydrogens is 365 g/mol. The number of aryl methyl sites for hydroxylation is 1. The summed E-state index contributed by atoms with van der Waals surface area (Å²) in [4.78, 5) is 11.5. The van der Waals surface area contributed by atoms with E-state index in [0.717, 1.165) is 37.7 Å². The summed E-state index contributed by atoms with van der Waals surface area (Å²) in [5.41, 5.74) is 2.47. The Kier molecular flexibility index (Phi) is 7.60. The van der Waals surface area contributed by atoms with Crippen LogP contribution in [0.3, 0.4) is 0 Å². The van der Waals surface area contributed by atoms with E-state index in [1.165, 1.54) is 37.9 Å². The molecule has 0 spiro atoms. The molecule has 0 aromatic carbocycles. The maximum atomic E-state index is 10.6. The van der Waals surface area contributed by atoms with E-state index in [-0.39, 0.29) is 0 Å². The number of hydrogen-bond donors (Lipinski definition) is 1. The number of rotatable bonds is 5. The predicted octanol–water partition coefficient (Wildman–Crippen LogP) is 2.67. The summed E-state index contributed by atoms with van der Waals surface area (Å²) >= 11 is 0. The number of carbonyl (C=O) groups is 1. The van der Waals surface area contributed by atoms with Crippen LogP contribution in [0.25, 0.3) is 0 Å². The first-order valence-electron chi connectivity index (χ1n) is 9.23. The number of ether oxygens (including phenoxy) is 1. The second-order valence-corrected chi connectivity index (χ2v) is 6.91. The Labute approximate surface area is 156 Å². The number of hydrogen-bond acceptors (Lipinski definition) is 5. The van der Waals surface area contributed by atoms with Crippen molar-refractivity contribution in [3.63, 3.8) is 0 Å². The fraction of sp³-hybridized carbons (Fsp3) is 0.824. The summed E-state index contributed by atoms with van der Waals surface area (Å²) in [6.45, 7) is 6.08. The molecule has 1 fully saturated rings. The van der Waals surface area contributed by atoms with Crippen LogP contribution in [0.5, 0.6) is 0 Å². The molecule has 1 aliphatic heterocycles. The van der Waals surface area contributed by atoms with E-state index in [1.54, 1.807) is 7.11 Å². The number of carboxylic acid groups (broad SMARTS) is 1. The highest BCUT2D eigenvalue weighted by atomic mass is 19.4. The van der Waals surface area contributed by atoms with Crippen LogP contribution in [-0.2, 0) is 22.5 Å². The van der Waals surface area contributed by atoms with Gasteiger partial charge in [-0.05, 0) is 25.7 Å². The van der Waals surface area contributed by atoms with Gasteiger partial charge >= 0.3 is 12.1 Å². The molecule has 1 saturated carbocycles. The highest BCUT2D eigenvalue weighted by Gasteiger charge is 2.38. The number of methoxy groups -OCH3 is 1. The lowest BCUT2D eigenvalue weighted by atomic mass is 9.99.